The first-order valence-electron chi connectivity index (χ1n) is 9.42. The van der Waals surface area contributed by atoms with Crippen LogP contribution in [0.2, 0.25) is 0 Å². The van der Waals surface area contributed by atoms with Crippen molar-refractivity contribution in [3.05, 3.63) is 23.8 Å². The molecule has 29 heavy (non-hydrogen) atoms. The van der Waals surface area contributed by atoms with Gasteiger partial charge in [-0.3, -0.25) is 9.68 Å². The van der Waals surface area contributed by atoms with Crippen molar-refractivity contribution in [3.8, 4) is 11.5 Å². The number of ether oxygens (including phenoxy) is 3. The molecule has 1 aromatic rings. The predicted octanol–water partition coefficient (Wildman–Crippen LogP) is 3.76. The number of rotatable bonds is 9. The maximum absolute atomic E-state index is 13.4. The third-order valence-electron chi connectivity index (χ3n) is 4.93. The topological polar surface area (TPSA) is 97.4 Å². The molecule has 162 valence electrons. The highest BCUT2D eigenvalue weighted by molar-refractivity contribution is 7.00. The Morgan fingerprint density at radius 1 is 1.00 bits per heavy atom. The third-order valence-corrected chi connectivity index (χ3v) is 4.93. The van der Waals surface area contributed by atoms with Crippen LogP contribution < -0.4 is 9.47 Å². The number of methoxy groups -OCH3 is 3. The van der Waals surface area contributed by atoms with Crippen LogP contribution in [-0.4, -0.2) is 39.4 Å². The molecule has 0 radical (unpaired) electrons. The van der Waals surface area contributed by atoms with E-state index in [1.807, 2.05) is 0 Å². The van der Waals surface area contributed by atoms with E-state index in [0.29, 0.717) is 11.5 Å². The Morgan fingerprint density at radius 3 is 2.03 bits per heavy atom. The van der Waals surface area contributed by atoms with Gasteiger partial charge in [0.15, 0.2) is 12.1 Å². The summed E-state index contributed by atoms with van der Waals surface area (Å²) in [6.07, 6.45) is 3.88. The molecule has 1 aliphatic carbocycles. The molecule has 1 saturated carbocycles. The van der Waals surface area contributed by atoms with Crippen molar-refractivity contribution in [1.29, 1.82) is 0 Å². The Kier molecular flexibility index (Phi) is 11.4. The molecule has 1 fully saturated rings. The van der Waals surface area contributed by atoms with E-state index in [1.54, 1.807) is 25.1 Å². The molecular weight excluding hydrogens is 399 g/mol. The summed E-state index contributed by atoms with van der Waals surface area (Å²) >= 11 is 0. The Balaban J connectivity index is 0.00000204. The van der Waals surface area contributed by atoms with E-state index in [2.05, 4.69) is 0 Å². The Hall–Kier alpha value is -2.02. The number of carbonyl (C=O) groups excluding carboxylic acids is 2. The van der Waals surface area contributed by atoms with Gasteiger partial charge < -0.3 is 14.2 Å². The van der Waals surface area contributed by atoms with Crippen molar-refractivity contribution in [2.45, 2.75) is 45.3 Å². The van der Waals surface area contributed by atoms with Crippen molar-refractivity contribution in [2.75, 3.05) is 21.3 Å². The first kappa shape index (κ1) is 25.0. The Bertz CT molecular complexity index is 638. The molecule has 9 heteroatoms. The maximum Gasteiger partial charge on any atom is 0.353 e. The quantitative estimate of drug-likeness (QED) is 0.146. The summed E-state index contributed by atoms with van der Waals surface area (Å²) in [5.74, 6) is -1.48. The molecule has 1 aromatic carbocycles. The fourth-order valence-electron chi connectivity index (χ4n) is 3.44. The van der Waals surface area contributed by atoms with E-state index in [-0.39, 0.29) is 17.3 Å². The SMILES string of the molecule is COc1cccc(OC)c1C(=O)C(C(=O)OOC(C)OC)C1CCCCC1.O=[PH2+]. The van der Waals surface area contributed by atoms with Crippen molar-refractivity contribution in [3.63, 3.8) is 0 Å². The van der Waals surface area contributed by atoms with Crippen LogP contribution in [-0.2, 0) is 23.9 Å². The highest BCUT2D eigenvalue weighted by atomic mass is 31.0. The van der Waals surface area contributed by atoms with Crippen molar-refractivity contribution < 1.29 is 38.1 Å². The molecule has 0 spiro atoms. The normalized spacial score (nSPS) is 16.0. The van der Waals surface area contributed by atoms with E-state index >= 15 is 0 Å². The van der Waals surface area contributed by atoms with Gasteiger partial charge in [-0.15, -0.1) is 0 Å². The minimum Gasteiger partial charge on any atom is -0.496 e. The minimum atomic E-state index is -0.987. The molecule has 0 saturated heterocycles. The van der Waals surface area contributed by atoms with Gasteiger partial charge in [0, 0.05) is 7.11 Å². The molecule has 3 atom stereocenters. The first-order valence-corrected chi connectivity index (χ1v) is 9.89. The second-order valence-electron chi connectivity index (χ2n) is 6.58. The highest BCUT2D eigenvalue weighted by Gasteiger charge is 2.40. The lowest BCUT2D eigenvalue weighted by Crippen LogP contribution is -2.35. The largest absolute Gasteiger partial charge is 0.496 e. The number of benzene rings is 1. The van der Waals surface area contributed by atoms with Crippen molar-refractivity contribution in [2.24, 2.45) is 11.8 Å². The van der Waals surface area contributed by atoms with Crippen molar-refractivity contribution in [1.82, 2.24) is 0 Å². The second kappa shape index (κ2) is 13.2. The maximum atomic E-state index is 13.4. The van der Waals surface area contributed by atoms with Crippen LogP contribution in [0.4, 0.5) is 0 Å². The van der Waals surface area contributed by atoms with Crippen LogP contribution in [0.1, 0.15) is 49.4 Å². The van der Waals surface area contributed by atoms with E-state index < -0.39 is 18.2 Å². The molecule has 0 aromatic heterocycles. The van der Waals surface area contributed by atoms with E-state index in [4.69, 9.17) is 28.6 Å². The number of carbonyl (C=O) groups is 2. The molecule has 0 amide bonds. The molecule has 0 bridgehead atoms. The van der Waals surface area contributed by atoms with Crippen LogP contribution in [0, 0.1) is 11.8 Å². The number of ketones is 1. The van der Waals surface area contributed by atoms with E-state index in [1.165, 1.54) is 30.4 Å². The summed E-state index contributed by atoms with van der Waals surface area (Å²) in [4.78, 5) is 36.1. The van der Waals surface area contributed by atoms with Gasteiger partial charge in [0.1, 0.15) is 23.0 Å². The van der Waals surface area contributed by atoms with Gasteiger partial charge in [0.25, 0.3) is 0 Å². The second-order valence-corrected chi connectivity index (χ2v) is 6.58. The summed E-state index contributed by atoms with van der Waals surface area (Å²) in [6.45, 7) is 1.59. The fraction of sp³-hybridized carbons (Fsp3) is 0.600. The van der Waals surface area contributed by atoms with Crippen LogP contribution >= 0.6 is 9.12 Å². The molecule has 1 aliphatic rings. The summed E-state index contributed by atoms with van der Waals surface area (Å²) in [5.41, 5.74) is 0.245. The van der Waals surface area contributed by atoms with Gasteiger partial charge in [-0.1, -0.05) is 29.9 Å². The van der Waals surface area contributed by atoms with E-state index in [0.717, 1.165) is 32.1 Å². The standard InChI is InChI=1S/C20H28O7.H2OP/c1-13(23-2)26-27-20(22)17(14-9-6-5-7-10-14)19(21)18-15(24-3)11-8-12-16(18)25-4;1-2/h8,11-14,17H,5-7,9-10H2,1-4H3;2H2/q;+1. The van der Waals surface area contributed by atoms with Crippen LogP contribution in [0.3, 0.4) is 0 Å². The summed E-state index contributed by atoms with van der Waals surface area (Å²) in [6, 6.07) is 5.07. The molecule has 3 unspecified atom stereocenters. The lowest BCUT2D eigenvalue weighted by Gasteiger charge is -2.28. The lowest BCUT2D eigenvalue weighted by atomic mass is 9.76. The lowest BCUT2D eigenvalue weighted by molar-refractivity contribution is -0.344. The Morgan fingerprint density at radius 2 is 1.55 bits per heavy atom. The van der Waals surface area contributed by atoms with Gasteiger partial charge in [0.2, 0.25) is 0 Å². The predicted molar refractivity (Wildman–Crippen MR) is 108 cm³/mol. The van der Waals surface area contributed by atoms with Crippen LogP contribution in [0.5, 0.6) is 11.5 Å². The Labute approximate surface area is 173 Å². The van der Waals surface area contributed by atoms with Gasteiger partial charge in [-0.2, -0.15) is 4.89 Å². The first-order chi connectivity index (χ1) is 14.0. The molecule has 0 aliphatic heterocycles. The molecular formula is C20H30O8P+. The summed E-state index contributed by atoms with van der Waals surface area (Å²) in [5, 5.41) is 0. The average Bonchev–Trinajstić information content (AvgIpc) is 2.78. The van der Waals surface area contributed by atoms with Gasteiger partial charge in [-0.25, -0.2) is 4.79 Å². The zero-order valence-electron chi connectivity index (χ0n) is 17.3. The van der Waals surface area contributed by atoms with Crippen LogP contribution in [0.25, 0.3) is 0 Å². The van der Waals surface area contributed by atoms with Crippen molar-refractivity contribution >= 4 is 20.9 Å². The zero-order valence-corrected chi connectivity index (χ0v) is 18.5. The minimum absolute atomic E-state index is 0.116. The van der Waals surface area contributed by atoms with Gasteiger partial charge >= 0.3 is 15.1 Å². The number of hydrogen-bond acceptors (Lipinski definition) is 8. The van der Waals surface area contributed by atoms with E-state index in [9.17, 15) is 9.59 Å². The molecule has 8 nitrogen and oxygen atoms in total. The number of hydrogen-bond donors (Lipinski definition) is 0. The smallest absolute Gasteiger partial charge is 0.353 e. The average molecular weight is 429 g/mol. The van der Waals surface area contributed by atoms with Gasteiger partial charge in [-0.05, 0) is 37.8 Å². The highest BCUT2D eigenvalue weighted by Crippen LogP contribution is 2.37. The fourth-order valence-corrected chi connectivity index (χ4v) is 3.44. The summed E-state index contributed by atoms with van der Waals surface area (Å²) < 4.78 is 23.8. The molecule has 0 N–H and O–H groups in total. The van der Waals surface area contributed by atoms with Gasteiger partial charge in [0.05, 0.1) is 14.2 Å². The zero-order chi connectivity index (χ0) is 21.8. The summed E-state index contributed by atoms with van der Waals surface area (Å²) in [7, 11) is 5.55. The van der Waals surface area contributed by atoms with Crippen LogP contribution in [0.15, 0.2) is 18.2 Å². The monoisotopic (exact) mass is 429 g/mol. The molecule has 2 rings (SSSR count). The number of Topliss-reactive ketones (excluding diaryl/α,β-unsaturated/α-hetero) is 1. The third kappa shape index (κ3) is 6.77. The molecule has 0 heterocycles.